The van der Waals surface area contributed by atoms with E-state index in [0.717, 1.165) is 5.56 Å². The van der Waals surface area contributed by atoms with Crippen molar-refractivity contribution in [2.75, 3.05) is 0 Å². The summed E-state index contributed by atoms with van der Waals surface area (Å²) < 4.78 is 30.0. The molecule has 0 saturated carbocycles. The summed E-state index contributed by atoms with van der Waals surface area (Å²) in [5, 5.41) is 0. The lowest BCUT2D eigenvalue weighted by Gasteiger charge is -2.13. The third kappa shape index (κ3) is 5.32. The lowest BCUT2D eigenvalue weighted by molar-refractivity contribution is 0.281. The molecule has 0 saturated heterocycles. The first-order chi connectivity index (χ1) is 10.9. The fourth-order valence-corrected chi connectivity index (χ4v) is 2.61. The summed E-state index contributed by atoms with van der Waals surface area (Å²) in [6.07, 6.45) is 4.42. The van der Waals surface area contributed by atoms with Crippen molar-refractivity contribution in [3.8, 4) is 5.75 Å². The molecule has 0 spiro atoms. The maximum Gasteiger partial charge on any atom is 0.524 e. The summed E-state index contributed by atoms with van der Waals surface area (Å²) in [7, 11) is -4.75. The lowest BCUT2D eigenvalue weighted by Crippen LogP contribution is -1.99. The van der Waals surface area contributed by atoms with Crippen LogP contribution in [0.4, 0.5) is 4.39 Å². The van der Waals surface area contributed by atoms with Gasteiger partial charge < -0.3 is 4.52 Å². The Bertz CT molecular complexity index is 738. The minimum Gasteiger partial charge on any atom is -0.404 e. The van der Waals surface area contributed by atoms with Crippen molar-refractivity contribution >= 4 is 20.0 Å². The molecule has 2 rings (SSSR count). The van der Waals surface area contributed by atoms with Gasteiger partial charge >= 0.3 is 7.82 Å². The molecule has 6 heteroatoms. The van der Waals surface area contributed by atoms with E-state index in [1.54, 1.807) is 12.2 Å². The van der Waals surface area contributed by atoms with Crippen LogP contribution >= 0.6 is 7.82 Å². The van der Waals surface area contributed by atoms with E-state index in [9.17, 15) is 8.96 Å². The minimum atomic E-state index is -4.75. The summed E-state index contributed by atoms with van der Waals surface area (Å²) in [5.74, 6) is -0.654. The molecule has 0 aliphatic rings. The highest BCUT2D eigenvalue weighted by Crippen LogP contribution is 2.40. The van der Waals surface area contributed by atoms with Crippen molar-refractivity contribution in [3.63, 3.8) is 0 Å². The molecule has 0 heterocycles. The monoisotopic (exact) mass is 336 g/mol. The normalized spacial score (nSPS) is 11.8. The van der Waals surface area contributed by atoms with Crippen molar-refractivity contribution in [1.29, 1.82) is 0 Å². The number of hydrogen-bond donors (Lipinski definition) is 2. The molecular formula is C17H18FO4P. The Morgan fingerprint density at radius 2 is 1.78 bits per heavy atom. The summed E-state index contributed by atoms with van der Waals surface area (Å²) in [5.41, 5.74) is 1.57. The molecule has 0 aliphatic carbocycles. The first-order valence-corrected chi connectivity index (χ1v) is 8.73. The quantitative estimate of drug-likeness (QED) is 0.605. The van der Waals surface area contributed by atoms with Crippen LogP contribution in [0.25, 0.3) is 12.2 Å². The number of benzene rings is 2. The van der Waals surface area contributed by atoms with Crippen molar-refractivity contribution in [2.45, 2.75) is 19.8 Å². The van der Waals surface area contributed by atoms with E-state index in [2.05, 4.69) is 4.52 Å². The van der Waals surface area contributed by atoms with E-state index in [1.807, 2.05) is 37.3 Å². The van der Waals surface area contributed by atoms with Crippen LogP contribution in [0, 0.1) is 5.82 Å². The third-order valence-electron chi connectivity index (χ3n) is 3.16. The van der Waals surface area contributed by atoms with E-state index in [-0.39, 0.29) is 11.3 Å². The van der Waals surface area contributed by atoms with Crippen molar-refractivity contribution in [2.24, 2.45) is 0 Å². The molecule has 0 unspecified atom stereocenters. The van der Waals surface area contributed by atoms with E-state index >= 15 is 0 Å². The van der Waals surface area contributed by atoms with Gasteiger partial charge in [-0.3, -0.25) is 9.79 Å². The van der Waals surface area contributed by atoms with Crippen LogP contribution in [-0.2, 0) is 11.0 Å². The second-order valence-electron chi connectivity index (χ2n) is 5.06. The van der Waals surface area contributed by atoms with Crippen molar-refractivity contribution < 1.29 is 23.3 Å². The topological polar surface area (TPSA) is 66.8 Å². The van der Waals surface area contributed by atoms with Crippen LogP contribution in [0.3, 0.4) is 0 Å². The minimum absolute atomic E-state index is 0.118. The van der Waals surface area contributed by atoms with E-state index < -0.39 is 13.6 Å². The molecule has 0 bridgehead atoms. The summed E-state index contributed by atoms with van der Waals surface area (Å²) in [6, 6.07) is 12.2. The molecule has 0 aromatic heterocycles. The Morgan fingerprint density at radius 1 is 1.13 bits per heavy atom. The average molecular weight is 336 g/mol. The van der Waals surface area contributed by atoms with E-state index in [1.165, 1.54) is 12.1 Å². The lowest BCUT2D eigenvalue weighted by atomic mass is 10.0. The molecule has 122 valence electrons. The summed E-state index contributed by atoms with van der Waals surface area (Å²) >= 11 is 0. The fraction of sp³-hybridized carbons (Fsp3) is 0.176. The van der Waals surface area contributed by atoms with Crippen molar-refractivity contribution in [3.05, 3.63) is 65.0 Å². The highest BCUT2D eigenvalue weighted by molar-refractivity contribution is 7.46. The molecule has 2 aromatic carbocycles. The van der Waals surface area contributed by atoms with Gasteiger partial charge in [0.05, 0.1) is 0 Å². The molecule has 0 atom stereocenters. The number of hydrogen-bond acceptors (Lipinski definition) is 2. The largest absolute Gasteiger partial charge is 0.524 e. The van der Waals surface area contributed by atoms with E-state index in [0.29, 0.717) is 18.4 Å². The standard InChI is InChI=1S/C17H18FO4P/c1-2-6-15-16(18)11-14(12-17(15)22-23(19,20)21)10-9-13-7-4-3-5-8-13/h3-5,7-12H,2,6H2,1H3,(H2,19,20,21)/b10-9+. The maximum absolute atomic E-state index is 14.2. The second kappa shape index (κ2) is 7.55. The Hall–Kier alpha value is -1.94. The van der Waals surface area contributed by atoms with Crippen LogP contribution in [0.1, 0.15) is 30.0 Å². The molecule has 23 heavy (non-hydrogen) atoms. The SMILES string of the molecule is CCCc1c(F)cc(/C=C/c2ccccc2)cc1OP(=O)(O)O. The maximum atomic E-state index is 14.2. The fourth-order valence-electron chi connectivity index (χ4n) is 2.19. The van der Waals surface area contributed by atoms with Crippen LogP contribution < -0.4 is 4.52 Å². The van der Waals surface area contributed by atoms with Crippen LogP contribution in [0.2, 0.25) is 0 Å². The van der Waals surface area contributed by atoms with Gasteiger partial charge in [0.25, 0.3) is 0 Å². The predicted octanol–water partition coefficient (Wildman–Crippen LogP) is 4.42. The zero-order chi connectivity index (χ0) is 16.9. The van der Waals surface area contributed by atoms with Gasteiger partial charge in [0.2, 0.25) is 0 Å². The van der Waals surface area contributed by atoms with Crippen molar-refractivity contribution in [1.82, 2.24) is 0 Å². The summed E-state index contributed by atoms with van der Waals surface area (Å²) in [6.45, 7) is 1.85. The third-order valence-corrected chi connectivity index (χ3v) is 3.60. The Labute approximate surface area is 134 Å². The summed E-state index contributed by atoms with van der Waals surface area (Å²) in [4.78, 5) is 18.0. The highest BCUT2D eigenvalue weighted by atomic mass is 31.2. The smallest absolute Gasteiger partial charge is 0.404 e. The first-order valence-electron chi connectivity index (χ1n) is 7.19. The van der Waals surface area contributed by atoms with E-state index in [4.69, 9.17) is 9.79 Å². The molecule has 0 amide bonds. The first kappa shape index (κ1) is 17.4. The Balaban J connectivity index is 2.38. The number of rotatable bonds is 6. The molecule has 2 N–H and O–H groups in total. The molecular weight excluding hydrogens is 318 g/mol. The molecule has 0 radical (unpaired) electrons. The number of halogens is 1. The molecule has 2 aromatic rings. The highest BCUT2D eigenvalue weighted by Gasteiger charge is 2.20. The Morgan fingerprint density at radius 3 is 2.39 bits per heavy atom. The van der Waals surface area contributed by atoms with Gasteiger partial charge in [-0.15, -0.1) is 0 Å². The van der Waals surface area contributed by atoms with Gasteiger partial charge in [0.1, 0.15) is 11.6 Å². The van der Waals surface area contributed by atoms with Gasteiger partial charge in [-0.25, -0.2) is 8.96 Å². The Kier molecular flexibility index (Phi) is 5.72. The average Bonchev–Trinajstić information content (AvgIpc) is 2.48. The zero-order valence-electron chi connectivity index (χ0n) is 12.6. The van der Waals surface area contributed by atoms with Crippen LogP contribution in [0.5, 0.6) is 5.75 Å². The van der Waals surface area contributed by atoms with Crippen LogP contribution in [-0.4, -0.2) is 9.79 Å². The van der Waals surface area contributed by atoms with Gasteiger partial charge in [-0.1, -0.05) is 55.8 Å². The molecule has 4 nitrogen and oxygen atoms in total. The van der Waals surface area contributed by atoms with Gasteiger partial charge in [-0.05, 0) is 29.7 Å². The second-order valence-corrected chi connectivity index (χ2v) is 6.22. The zero-order valence-corrected chi connectivity index (χ0v) is 13.5. The van der Waals surface area contributed by atoms with Gasteiger partial charge in [-0.2, -0.15) is 0 Å². The molecule has 0 fully saturated rings. The van der Waals surface area contributed by atoms with Gasteiger partial charge in [0.15, 0.2) is 0 Å². The van der Waals surface area contributed by atoms with Gasteiger partial charge in [0, 0.05) is 5.56 Å². The number of phosphoric acid groups is 1. The number of phosphoric ester groups is 1. The predicted molar refractivity (Wildman–Crippen MR) is 88.4 cm³/mol. The van der Waals surface area contributed by atoms with Crippen LogP contribution in [0.15, 0.2) is 42.5 Å². The molecule has 0 aliphatic heterocycles.